The van der Waals surface area contributed by atoms with Crippen molar-refractivity contribution in [2.45, 2.75) is 45.9 Å². The number of ether oxygens (including phenoxy) is 1. The molecular formula is C24H29FN4O2. The average molecular weight is 425 g/mol. The van der Waals surface area contributed by atoms with Crippen LogP contribution in [0.2, 0.25) is 0 Å². The van der Waals surface area contributed by atoms with E-state index in [0.29, 0.717) is 31.7 Å². The zero-order valence-corrected chi connectivity index (χ0v) is 18.5. The largest absolute Gasteiger partial charge is 0.444 e. The topological polar surface area (TPSA) is 50.6 Å². The van der Waals surface area contributed by atoms with E-state index in [1.54, 1.807) is 17.0 Å². The number of hydrogen-bond acceptors (Lipinski definition) is 4. The molecule has 1 unspecified atom stereocenters. The van der Waals surface area contributed by atoms with Gasteiger partial charge in [-0.25, -0.2) is 14.2 Å². The summed E-state index contributed by atoms with van der Waals surface area (Å²) in [7, 11) is 0. The van der Waals surface area contributed by atoms with E-state index < -0.39 is 5.60 Å². The minimum absolute atomic E-state index is 0.0367. The van der Waals surface area contributed by atoms with Gasteiger partial charge < -0.3 is 19.1 Å². The molecule has 1 aliphatic rings. The molecule has 1 atom stereocenters. The van der Waals surface area contributed by atoms with Gasteiger partial charge in [0.1, 0.15) is 11.4 Å². The minimum Gasteiger partial charge on any atom is -0.444 e. The van der Waals surface area contributed by atoms with Crippen LogP contribution in [0.25, 0.3) is 11.0 Å². The van der Waals surface area contributed by atoms with Crippen molar-refractivity contribution in [2.24, 2.45) is 0 Å². The smallest absolute Gasteiger partial charge is 0.410 e. The summed E-state index contributed by atoms with van der Waals surface area (Å²) in [6.45, 7) is 9.82. The highest BCUT2D eigenvalue weighted by Gasteiger charge is 2.32. The number of rotatable bonds is 3. The normalized spacial score (nSPS) is 17.3. The summed E-state index contributed by atoms with van der Waals surface area (Å²) in [5, 5.41) is 0. The number of benzene rings is 2. The van der Waals surface area contributed by atoms with Gasteiger partial charge >= 0.3 is 6.09 Å². The molecule has 1 fully saturated rings. The lowest BCUT2D eigenvalue weighted by Gasteiger charge is -2.40. The predicted molar refractivity (Wildman–Crippen MR) is 120 cm³/mol. The summed E-state index contributed by atoms with van der Waals surface area (Å²) < 4.78 is 22.0. The first-order valence-electron chi connectivity index (χ1n) is 10.7. The van der Waals surface area contributed by atoms with Crippen molar-refractivity contribution in [3.05, 3.63) is 59.9 Å². The number of para-hydroxylation sites is 2. The summed E-state index contributed by atoms with van der Waals surface area (Å²) in [5.41, 5.74) is 1.92. The van der Waals surface area contributed by atoms with E-state index in [-0.39, 0.29) is 18.0 Å². The molecule has 1 aromatic heterocycles. The molecule has 0 N–H and O–H groups in total. The highest BCUT2D eigenvalue weighted by Crippen LogP contribution is 2.27. The van der Waals surface area contributed by atoms with Crippen LogP contribution in [0.3, 0.4) is 0 Å². The fraction of sp³-hybridized carbons (Fsp3) is 0.417. The summed E-state index contributed by atoms with van der Waals surface area (Å²) in [5.74, 6) is 0.564. The summed E-state index contributed by atoms with van der Waals surface area (Å²) in [6.07, 6.45) is -0.292. The van der Waals surface area contributed by atoms with E-state index >= 15 is 0 Å². The fourth-order valence-corrected chi connectivity index (χ4v) is 3.99. The Labute approximate surface area is 182 Å². The number of aromatic nitrogens is 2. The van der Waals surface area contributed by atoms with Gasteiger partial charge in [0.25, 0.3) is 0 Å². The molecule has 31 heavy (non-hydrogen) atoms. The minimum atomic E-state index is -0.526. The standard InChI is InChI=1S/C24H29FN4O2/c1-17-15-27(13-14-28(17)23(30)31-24(2,3)4)22-26-20-11-7-8-12-21(20)29(22)16-18-9-5-6-10-19(18)25/h5-12,17H,13-16H2,1-4H3. The molecule has 0 radical (unpaired) electrons. The van der Waals surface area contributed by atoms with Gasteiger partial charge in [-0.05, 0) is 45.9 Å². The van der Waals surface area contributed by atoms with Gasteiger partial charge in [-0.2, -0.15) is 0 Å². The van der Waals surface area contributed by atoms with Crippen molar-refractivity contribution in [2.75, 3.05) is 24.5 Å². The van der Waals surface area contributed by atoms with Crippen LogP contribution >= 0.6 is 0 Å². The summed E-state index contributed by atoms with van der Waals surface area (Å²) >= 11 is 0. The average Bonchev–Trinajstić information content (AvgIpc) is 3.07. The first kappa shape index (κ1) is 21.2. The predicted octanol–water partition coefficient (Wildman–Crippen LogP) is 4.67. The van der Waals surface area contributed by atoms with Gasteiger partial charge in [-0.1, -0.05) is 30.3 Å². The number of amides is 1. The Morgan fingerprint density at radius 2 is 1.84 bits per heavy atom. The highest BCUT2D eigenvalue weighted by molar-refractivity contribution is 5.79. The van der Waals surface area contributed by atoms with Crippen LogP contribution in [0.5, 0.6) is 0 Å². The number of hydrogen-bond donors (Lipinski definition) is 0. The zero-order chi connectivity index (χ0) is 22.2. The van der Waals surface area contributed by atoms with Crippen LogP contribution in [0.4, 0.5) is 15.1 Å². The van der Waals surface area contributed by atoms with Gasteiger partial charge in [-0.15, -0.1) is 0 Å². The van der Waals surface area contributed by atoms with E-state index in [2.05, 4.69) is 9.47 Å². The highest BCUT2D eigenvalue weighted by atomic mass is 19.1. The summed E-state index contributed by atoms with van der Waals surface area (Å²) in [6, 6.07) is 14.7. The Morgan fingerprint density at radius 3 is 2.55 bits per heavy atom. The zero-order valence-electron chi connectivity index (χ0n) is 18.5. The number of piperazine rings is 1. The molecule has 7 heteroatoms. The van der Waals surface area contributed by atoms with Crippen molar-refractivity contribution in [3.63, 3.8) is 0 Å². The first-order valence-corrected chi connectivity index (χ1v) is 10.7. The Hall–Kier alpha value is -3.09. The van der Waals surface area contributed by atoms with Gasteiger partial charge in [0, 0.05) is 31.2 Å². The van der Waals surface area contributed by atoms with Crippen LogP contribution in [0, 0.1) is 5.82 Å². The van der Waals surface area contributed by atoms with Crippen molar-refractivity contribution in [3.8, 4) is 0 Å². The monoisotopic (exact) mass is 424 g/mol. The second-order valence-electron chi connectivity index (χ2n) is 9.05. The molecule has 0 saturated carbocycles. The molecule has 0 spiro atoms. The Kier molecular flexibility index (Phi) is 5.60. The molecule has 4 rings (SSSR count). The molecule has 6 nitrogen and oxygen atoms in total. The number of imidazole rings is 1. The number of fused-ring (bicyclic) bond motifs is 1. The molecular weight excluding hydrogens is 395 g/mol. The van der Waals surface area contributed by atoms with Gasteiger partial charge in [0.15, 0.2) is 0 Å². The Balaban J connectivity index is 1.62. The molecule has 2 aromatic carbocycles. The second-order valence-corrected chi connectivity index (χ2v) is 9.05. The third-order valence-electron chi connectivity index (χ3n) is 5.46. The van der Waals surface area contributed by atoms with E-state index in [1.807, 2.05) is 58.0 Å². The third kappa shape index (κ3) is 4.50. The van der Waals surface area contributed by atoms with Crippen LogP contribution in [0.15, 0.2) is 48.5 Å². The van der Waals surface area contributed by atoms with Crippen molar-refractivity contribution < 1.29 is 13.9 Å². The maximum absolute atomic E-state index is 14.4. The lowest BCUT2D eigenvalue weighted by molar-refractivity contribution is 0.0158. The van der Waals surface area contributed by atoms with Crippen LogP contribution < -0.4 is 4.90 Å². The fourth-order valence-electron chi connectivity index (χ4n) is 3.99. The van der Waals surface area contributed by atoms with Gasteiger partial charge in [0.05, 0.1) is 17.6 Å². The molecule has 1 amide bonds. The second kappa shape index (κ2) is 8.21. The maximum atomic E-state index is 14.4. The molecule has 3 aromatic rings. The van der Waals surface area contributed by atoms with Crippen molar-refractivity contribution >= 4 is 23.1 Å². The number of halogens is 1. The number of anilines is 1. The first-order chi connectivity index (χ1) is 14.7. The Morgan fingerprint density at radius 1 is 1.13 bits per heavy atom. The number of carbonyl (C=O) groups is 1. The number of carbonyl (C=O) groups excluding carboxylic acids is 1. The lowest BCUT2D eigenvalue weighted by atomic mass is 10.2. The molecule has 0 bridgehead atoms. The van der Waals surface area contributed by atoms with Crippen molar-refractivity contribution in [1.82, 2.24) is 14.5 Å². The van der Waals surface area contributed by atoms with E-state index in [0.717, 1.165) is 17.0 Å². The lowest BCUT2D eigenvalue weighted by Crippen LogP contribution is -2.55. The molecule has 164 valence electrons. The van der Waals surface area contributed by atoms with E-state index in [4.69, 9.17) is 9.72 Å². The molecule has 0 aliphatic carbocycles. The van der Waals surface area contributed by atoms with Crippen molar-refractivity contribution in [1.29, 1.82) is 0 Å². The third-order valence-corrected chi connectivity index (χ3v) is 5.46. The van der Waals surface area contributed by atoms with E-state index in [1.165, 1.54) is 6.07 Å². The molecule has 2 heterocycles. The Bertz CT molecular complexity index is 1090. The SMILES string of the molecule is CC1CN(c2nc3ccccc3n2Cc2ccccc2F)CCN1C(=O)OC(C)(C)C. The molecule has 1 aliphatic heterocycles. The van der Waals surface area contributed by atoms with Crippen LogP contribution in [-0.2, 0) is 11.3 Å². The van der Waals surface area contributed by atoms with Gasteiger partial charge in [0.2, 0.25) is 5.95 Å². The quantitative estimate of drug-likeness (QED) is 0.613. The van der Waals surface area contributed by atoms with Gasteiger partial charge in [-0.3, -0.25) is 0 Å². The van der Waals surface area contributed by atoms with E-state index in [9.17, 15) is 9.18 Å². The maximum Gasteiger partial charge on any atom is 0.410 e. The number of nitrogens with zero attached hydrogens (tertiary/aromatic N) is 4. The van der Waals surface area contributed by atoms with Crippen LogP contribution in [0.1, 0.15) is 33.3 Å². The van der Waals surface area contributed by atoms with Crippen LogP contribution in [-0.4, -0.2) is 51.8 Å². The summed E-state index contributed by atoms with van der Waals surface area (Å²) in [4.78, 5) is 21.4. The molecule has 1 saturated heterocycles.